The molecule has 0 bridgehead atoms. The van der Waals surface area contributed by atoms with Crippen molar-refractivity contribution < 1.29 is 0 Å². The fraction of sp³-hybridized carbons (Fsp3) is 0.579. The number of hydrogen-bond acceptors (Lipinski definition) is 3. The van der Waals surface area contributed by atoms with Crippen molar-refractivity contribution in [2.45, 2.75) is 45.2 Å². The highest BCUT2D eigenvalue weighted by molar-refractivity contribution is 5.80. The fourth-order valence-electron chi connectivity index (χ4n) is 4.11. The van der Waals surface area contributed by atoms with E-state index in [0.717, 1.165) is 25.7 Å². The van der Waals surface area contributed by atoms with Crippen molar-refractivity contribution >= 4 is 17.5 Å². The van der Waals surface area contributed by atoms with Gasteiger partial charge in [-0.15, -0.1) is 0 Å². The van der Waals surface area contributed by atoms with Gasteiger partial charge in [-0.1, -0.05) is 18.2 Å². The predicted molar refractivity (Wildman–Crippen MR) is 94.6 cm³/mol. The predicted octanol–water partition coefficient (Wildman–Crippen LogP) is 3.16. The molecular weight excluding hydrogens is 270 g/mol. The standard InChI is InChI=1S/C19H27N3/c1-13-18(21-11-9-16(12-21)14(2)20)8-5-15-4-3-10-22(19(13)15)17-6-7-17/h3-5,8,14,16-17H,6-7,9-12,20H2,1-2H3/t14?,16-/m1/s1. The first-order valence-corrected chi connectivity index (χ1v) is 8.72. The van der Waals surface area contributed by atoms with Gasteiger partial charge in [0.05, 0.1) is 0 Å². The van der Waals surface area contributed by atoms with Crippen LogP contribution in [0.15, 0.2) is 18.2 Å². The minimum atomic E-state index is 0.300. The molecule has 1 saturated carbocycles. The Hall–Kier alpha value is -1.48. The second-order valence-corrected chi connectivity index (χ2v) is 7.29. The Morgan fingerprint density at radius 1 is 1.23 bits per heavy atom. The summed E-state index contributed by atoms with van der Waals surface area (Å²) in [5.41, 5.74) is 11.9. The zero-order valence-electron chi connectivity index (χ0n) is 13.8. The molecular formula is C19H27N3. The van der Waals surface area contributed by atoms with Gasteiger partial charge in [-0.3, -0.25) is 0 Å². The Labute approximate surface area is 133 Å². The summed E-state index contributed by atoms with van der Waals surface area (Å²) in [5.74, 6) is 0.634. The molecule has 3 aliphatic rings. The van der Waals surface area contributed by atoms with Gasteiger partial charge < -0.3 is 15.5 Å². The highest BCUT2D eigenvalue weighted by atomic mass is 15.2. The Bertz CT molecular complexity index is 601. The summed E-state index contributed by atoms with van der Waals surface area (Å²) >= 11 is 0. The van der Waals surface area contributed by atoms with Crippen LogP contribution in [0.3, 0.4) is 0 Å². The number of nitrogens with zero attached hydrogens (tertiary/aromatic N) is 2. The molecule has 1 unspecified atom stereocenters. The third-order valence-electron chi connectivity index (χ3n) is 5.62. The third-order valence-corrected chi connectivity index (χ3v) is 5.62. The minimum Gasteiger partial charge on any atom is -0.371 e. The molecule has 0 radical (unpaired) electrons. The lowest BCUT2D eigenvalue weighted by Gasteiger charge is -2.33. The molecule has 118 valence electrons. The van der Waals surface area contributed by atoms with Crippen LogP contribution >= 0.6 is 0 Å². The first-order chi connectivity index (χ1) is 10.6. The summed E-state index contributed by atoms with van der Waals surface area (Å²) in [6, 6.07) is 5.70. The van der Waals surface area contributed by atoms with Crippen LogP contribution in [-0.4, -0.2) is 31.7 Å². The molecule has 2 aliphatic heterocycles. The largest absolute Gasteiger partial charge is 0.371 e. The molecule has 0 amide bonds. The highest BCUT2D eigenvalue weighted by Crippen LogP contribution is 2.42. The van der Waals surface area contributed by atoms with Crippen molar-refractivity contribution in [1.29, 1.82) is 0 Å². The topological polar surface area (TPSA) is 32.5 Å². The van der Waals surface area contributed by atoms with Crippen LogP contribution in [0.5, 0.6) is 0 Å². The SMILES string of the molecule is Cc1c(N2CC[C@@H](C(C)N)C2)ccc2c1N(C1CC1)CC=C2. The van der Waals surface area contributed by atoms with E-state index >= 15 is 0 Å². The summed E-state index contributed by atoms with van der Waals surface area (Å²) < 4.78 is 0. The lowest BCUT2D eigenvalue weighted by Crippen LogP contribution is -2.31. The fourth-order valence-corrected chi connectivity index (χ4v) is 4.11. The second kappa shape index (κ2) is 5.31. The molecule has 2 fully saturated rings. The van der Waals surface area contributed by atoms with Gasteiger partial charge in [0.2, 0.25) is 0 Å². The number of fused-ring (bicyclic) bond motifs is 1. The second-order valence-electron chi connectivity index (χ2n) is 7.29. The average Bonchev–Trinajstić information content (AvgIpc) is 3.24. The first kappa shape index (κ1) is 14.1. The van der Waals surface area contributed by atoms with E-state index in [0.29, 0.717) is 12.0 Å². The summed E-state index contributed by atoms with van der Waals surface area (Å²) in [6.07, 6.45) is 8.53. The van der Waals surface area contributed by atoms with Crippen molar-refractivity contribution in [3.05, 3.63) is 29.3 Å². The number of hydrogen-bond donors (Lipinski definition) is 1. The molecule has 2 atom stereocenters. The van der Waals surface area contributed by atoms with Gasteiger partial charge in [0.15, 0.2) is 0 Å². The Morgan fingerprint density at radius 2 is 2.05 bits per heavy atom. The Kier molecular flexibility index (Phi) is 3.41. The van der Waals surface area contributed by atoms with Gasteiger partial charge >= 0.3 is 0 Å². The van der Waals surface area contributed by atoms with Gasteiger partial charge in [0.1, 0.15) is 0 Å². The van der Waals surface area contributed by atoms with Crippen LogP contribution in [0.1, 0.15) is 37.3 Å². The summed E-state index contributed by atoms with van der Waals surface area (Å²) in [6.45, 7) is 7.78. The van der Waals surface area contributed by atoms with Crippen molar-refractivity contribution in [3.63, 3.8) is 0 Å². The quantitative estimate of drug-likeness (QED) is 0.930. The Balaban J connectivity index is 1.67. The van der Waals surface area contributed by atoms with Crippen LogP contribution in [0.2, 0.25) is 0 Å². The maximum atomic E-state index is 6.11. The molecule has 2 N–H and O–H groups in total. The maximum absolute atomic E-state index is 6.11. The molecule has 1 saturated heterocycles. The molecule has 4 rings (SSSR count). The van der Waals surface area contributed by atoms with Crippen molar-refractivity contribution in [1.82, 2.24) is 0 Å². The minimum absolute atomic E-state index is 0.300. The van der Waals surface area contributed by atoms with Crippen molar-refractivity contribution in [2.24, 2.45) is 11.7 Å². The monoisotopic (exact) mass is 297 g/mol. The van der Waals surface area contributed by atoms with Gasteiger partial charge in [-0.05, 0) is 56.2 Å². The number of nitrogens with two attached hydrogens (primary N) is 1. The molecule has 0 aromatic heterocycles. The summed E-state index contributed by atoms with van der Waals surface area (Å²) in [4.78, 5) is 5.17. The zero-order chi connectivity index (χ0) is 15.3. The van der Waals surface area contributed by atoms with Gasteiger partial charge in [0.25, 0.3) is 0 Å². The molecule has 1 aromatic carbocycles. The van der Waals surface area contributed by atoms with Gasteiger partial charge in [-0.25, -0.2) is 0 Å². The first-order valence-electron chi connectivity index (χ1n) is 8.72. The highest BCUT2D eigenvalue weighted by Gasteiger charge is 2.33. The average molecular weight is 297 g/mol. The number of benzene rings is 1. The van der Waals surface area contributed by atoms with E-state index in [-0.39, 0.29) is 0 Å². The molecule has 3 nitrogen and oxygen atoms in total. The Morgan fingerprint density at radius 3 is 2.73 bits per heavy atom. The van der Waals surface area contributed by atoms with E-state index in [4.69, 9.17) is 5.73 Å². The van der Waals surface area contributed by atoms with E-state index in [1.54, 1.807) is 0 Å². The molecule has 2 heterocycles. The zero-order valence-corrected chi connectivity index (χ0v) is 13.8. The maximum Gasteiger partial charge on any atom is 0.0495 e. The van der Waals surface area contributed by atoms with Crippen LogP contribution < -0.4 is 15.5 Å². The number of anilines is 2. The van der Waals surface area contributed by atoms with E-state index in [1.165, 1.54) is 41.8 Å². The molecule has 1 aliphatic carbocycles. The molecule has 1 aromatic rings. The van der Waals surface area contributed by atoms with Crippen LogP contribution in [0.25, 0.3) is 6.08 Å². The van der Waals surface area contributed by atoms with Crippen LogP contribution in [-0.2, 0) is 0 Å². The van der Waals surface area contributed by atoms with Crippen molar-refractivity contribution in [2.75, 3.05) is 29.4 Å². The van der Waals surface area contributed by atoms with Crippen LogP contribution in [0, 0.1) is 12.8 Å². The summed E-state index contributed by atoms with van der Waals surface area (Å²) in [7, 11) is 0. The van der Waals surface area contributed by atoms with E-state index in [1.807, 2.05) is 0 Å². The van der Waals surface area contributed by atoms with Gasteiger partial charge in [-0.2, -0.15) is 0 Å². The lowest BCUT2D eigenvalue weighted by atomic mass is 10.00. The molecule has 22 heavy (non-hydrogen) atoms. The van der Waals surface area contributed by atoms with Gasteiger partial charge in [0, 0.05) is 43.1 Å². The van der Waals surface area contributed by atoms with E-state index in [9.17, 15) is 0 Å². The summed E-state index contributed by atoms with van der Waals surface area (Å²) in [5, 5.41) is 0. The van der Waals surface area contributed by atoms with E-state index < -0.39 is 0 Å². The molecule has 0 spiro atoms. The number of rotatable bonds is 3. The normalized spacial score (nSPS) is 25.5. The molecule has 3 heteroatoms. The van der Waals surface area contributed by atoms with Crippen molar-refractivity contribution in [3.8, 4) is 0 Å². The van der Waals surface area contributed by atoms with E-state index in [2.05, 4.69) is 47.9 Å². The smallest absolute Gasteiger partial charge is 0.0495 e. The lowest BCUT2D eigenvalue weighted by molar-refractivity contribution is 0.488. The van der Waals surface area contributed by atoms with Crippen LogP contribution in [0.4, 0.5) is 11.4 Å². The third kappa shape index (κ3) is 2.32.